The Morgan fingerprint density at radius 1 is 1.45 bits per heavy atom. The highest BCUT2D eigenvalue weighted by Gasteiger charge is 2.06. The van der Waals surface area contributed by atoms with Gasteiger partial charge in [0.15, 0.2) is 0 Å². The molecule has 0 radical (unpaired) electrons. The third-order valence-corrected chi connectivity index (χ3v) is 3.66. The van der Waals surface area contributed by atoms with Crippen molar-refractivity contribution >= 4 is 40.9 Å². The molecule has 0 amide bonds. The average molecular weight is 310 g/mol. The SMILES string of the molecule is CN(Cc1ccc(Cl)s1)c1ncc(/C=C/C(=O)O)cn1. The molecule has 5 nitrogen and oxygen atoms in total. The number of nitrogens with zero attached hydrogens (tertiary/aromatic N) is 3. The van der Waals surface area contributed by atoms with E-state index in [-0.39, 0.29) is 0 Å². The van der Waals surface area contributed by atoms with Crippen molar-refractivity contribution in [1.29, 1.82) is 0 Å². The monoisotopic (exact) mass is 309 g/mol. The maximum atomic E-state index is 10.4. The van der Waals surface area contributed by atoms with Crippen LogP contribution in [-0.4, -0.2) is 28.1 Å². The van der Waals surface area contributed by atoms with E-state index in [9.17, 15) is 4.79 Å². The largest absolute Gasteiger partial charge is 0.478 e. The molecule has 7 heteroatoms. The van der Waals surface area contributed by atoms with Gasteiger partial charge in [-0.25, -0.2) is 14.8 Å². The first-order chi connectivity index (χ1) is 9.54. The van der Waals surface area contributed by atoms with Gasteiger partial charge < -0.3 is 10.0 Å². The number of hydrogen-bond acceptors (Lipinski definition) is 5. The lowest BCUT2D eigenvalue weighted by Crippen LogP contribution is -2.18. The van der Waals surface area contributed by atoms with E-state index in [0.29, 0.717) is 18.1 Å². The third-order valence-electron chi connectivity index (χ3n) is 2.44. The second-order valence-electron chi connectivity index (χ2n) is 4.05. The van der Waals surface area contributed by atoms with Crippen LogP contribution in [0, 0.1) is 0 Å². The van der Waals surface area contributed by atoms with Crippen molar-refractivity contribution in [1.82, 2.24) is 9.97 Å². The van der Waals surface area contributed by atoms with E-state index in [4.69, 9.17) is 16.7 Å². The van der Waals surface area contributed by atoms with Crippen LogP contribution in [-0.2, 0) is 11.3 Å². The average Bonchev–Trinajstić information content (AvgIpc) is 2.82. The normalized spacial score (nSPS) is 10.9. The van der Waals surface area contributed by atoms with Crippen molar-refractivity contribution in [3.8, 4) is 0 Å². The minimum atomic E-state index is -0.999. The van der Waals surface area contributed by atoms with E-state index >= 15 is 0 Å². The fourth-order valence-electron chi connectivity index (χ4n) is 1.52. The maximum Gasteiger partial charge on any atom is 0.328 e. The Morgan fingerprint density at radius 2 is 2.15 bits per heavy atom. The lowest BCUT2D eigenvalue weighted by molar-refractivity contribution is -0.131. The van der Waals surface area contributed by atoms with Gasteiger partial charge >= 0.3 is 5.97 Å². The topological polar surface area (TPSA) is 66.3 Å². The Hall–Kier alpha value is -1.92. The molecular formula is C13H12ClN3O2S. The summed E-state index contributed by atoms with van der Waals surface area (Å²) in [6.45, 7) is 0.668. The van der Waals surface area contributed by atoms with Crippen LogP contribution in [0.5, 0.6) is 0 Å². The first-order valence-corrected chi connectivity index (χ1v) is 6.92. The van der Waals surface area contributed by atoms with Crippen LogP contribution < -0.4 is 4.90 Å². The summed E-state index contributed by atoms with van der Waals surface area (Å²) in [7, 11) is 1.88. The van der Waals surface area contributed by atoms with Crippen LogP contribution in [0.4, 0.5) is 5.95 Å². The number of rotatable bonds is 5. The number of aliphatic carboxylic acids is 1. The minimum absolute atomic E-state index is 0.571. The van der Waals surface area contributed by atoms with Gasteiger partial charge in [0.2, 0.25) is 5.95 Å². The van der Waals surface area contributed by atoms with E-state index in [1.165, 1.54) is 17.4 Å². The van der Waals surface area contributed by atoms with Crippen LogP contribution in [0.15, 0.2) is 30.6 Å². The number of halogens is 1. The molecule has 2 aromatic heterocycles. The molecule has 0 unspecified atom stereocenters. The molecule has 0 saturated heterocycles. The lowest BCUT2D eigenvalue weighted by Gasteiger charge is -2.15. The zero-order chi connectivity index (χ0) is 14.5. The number of hydrogen-bond donors (Lipinski definition) is 1. The summed E-state index contributed by atoms with van der Waals surface area (Å²) in [6.07, 6.45) is 5.67. The first kappa shape index (κ1) is 14.5. The number of carboxylic acid groups (broad SMARTS) is 1. The Morgan fingerprint density at radius 3 is 2.70 bits per heavy atom. The quantitative estimate of drug-likeness (QED) is 0.860. The van der Waals surface area contributed by atoms with Crippen LogP contribution in [0.2, 0.25) is 4.34 Å². The number of carboxylic acids is 1. The van der Waals surface area contributed by atoms with Crippen LogP contribution in [0.1, 0.15) is 10.4 Å². The van der Waals surface area contributed by atoms with Crippen molar-refractivity contribution in [2.45, 2.75) is 6.54 Å². The van der Waals surface area contributed by atoms with Crippen molar-refractivity contribution in [3.63, 3.8) is 0 Å². The summed E-state index contributed by atoms with van der Waals surface area (Å²) < 4.78 is 0.753. The highest BCUT2D eigenvalue weighted by Crippen LogP contribution is 2.23. The van der Waals surface area contributed by atoms with E-state index < -0.39 is 5.97 Å². The van der Waals surface area contributed by atoms with Crippen molar-refractivity contribution < 1.29 is 9.90 Å². The molecule has 0 aliphatic heterocycles. The molecule has 0 spiro atoms. The fourth-order valence-corrected chi connectivity index (χ4v) is 2.66. The summed E-state index contributed by atoms with van der Waals surface area (Å²) in [6, 6.07) is 3.82. The summed E-state index contributed by atoms with van der Waals surface area (Å²) in [5.41, 5.74) is 0.642. The van der Waals surface area contributed by atoms with Gasteiger partial charge in [0.1, 0.15) is 0 Å². The van der Waals surface area contributed by atoms with Gasteiger partial charge in [0.05, 0.1) is 10.9 Å². The third kappa shape index (κ3) is 4.04. The zero-order valence-corrected chi connectivity index (χ0v) is 12.2. The van der Waals surface area contributed by atoms with E-state index in [1.54, 1.807) is 12.4 Å². The molecule has 0 bridgehead atoms. The Bertz CT molecular complexity index is 625. The van der Waals surface area contributed by atoms with Gasteiger partial charge in [0, 0.05) is 36.0 Å². The van der Waals surface area contributed by atoms with Gasteiger partial charge in [0.25, 0.3) is 0 Å². The molecule has 0 saturated carbocycles. The van der Waals surface area contributed by atoms with Crippen molar-refractivity contribution in [3.05, 3.63) is 45.4 Å². The lowest BCUT2D eigenvalue weighted by atomic mass is 10.3. The van der Waals surface area contributed by atoms with Gasteiger partial charge in [-0.2, -0.15) is 0 Å². The van der Waals surface area contributed by atoms with E-state index in [1.807, 2.05) is 24.1 Å². The summed E-state index contributed by atoms with van der Waals surface area (Å²) in [5.74, 6) is -0.428. The number of aromatic nitrogens is 2. The molecule has 0 fully saturated rings. The van der Waals surface area contributed by atoms with Crippen molar-refractivity contribution in [2.75, 3.05) is 11.9 Å². The summed E-state index contributed by atoms with van der Waals surface area (Å²) in [5, 5.41) is 8.54. The van der Waals surface area contributed by atoms with E-state index in [2.05, 4.69) is 9.97 Å². The zero-order valence-electron chi connectivity index (χ0n) is 10.7. The van der Waals surface area contributed by atoms with Gasteiger partial charge in [-0.1, -0.05) is 11.6 Å². The van der Waals surface area contributed by atoms with Gasteiger partial charge in [-0.05, 0) is 18.2 Å². The molecule has 2 aromatic rings. The van der Waals surface area contributed by atoms with Crippen LogP contribution in [0.3, 0.4) is 0 Å². The smallest absolute Gasteiger partial charge is 0.328 e. The number of carbonyl (C=O) groups is 1. The van der Waals surface area contributed by atoms with Crippen LogP contribution in [0.25, 0.3) is 6.08 Å². The highest BCUT2D eigenvalue weighted by molar-refractivity contribution is 7.16. The van der Waals surface area contributed by atoms with Crippen LogP contribution >= 0.6 is 22.9 Å². The summed E-state index contributed by atoms with van der Waals surface area (Å²) >= 11 is 7.40. The summed E-state index contributed by atoms with van der Waals surface area (Å²) in [4.78, 5) is 21.8. The molecule has 0 aromatic carbocycles. The second-order valence-corrected chi connectivity index (χ2v) is 5.85. The minimum Gasteiger partial charge on any atom is -0.478 e. The highest BCUT2D eigenvalue weighted by atomic mass is 35.5. The maximum absolute atomic E-state index is 10.4. The molecule has 0 atom stereocenters. The Labute approximate surface area is 125 Å². The standard InChI is InChI=1S/C13H12ClN3O2S/c1-17(8-10-3-4-11(14)20-10)13-15-6-9(7-16-13)2-5-12(18)19/h2-7H,8H2,1H3,(H,18,19)/b5-2+. The molecule has 2 heterocycles. The Balaban J connectivity index is 2.03. The molecule has 2 rings (SSSR count). The molecular weight excluding hydrogens is 298 g/mol. The molecule has 104 valence electrons. The van der Waals surface area contributed by atoms with Crippen molar-refractivity contribution in [2.24, 2.45) is 0 Å². The van der Waals surface area contributed by atoms with Gasteiger partial charge in [-0.3, -0.25) is 0 Å². The first-order valence-electron chi connectivity index (χ1n) is 5.73. The predicted molar refractivity (Wildman–Crippen MR) is 80.1 cm³/mol. The Kier molecular flexibility index (Phi) is 4.70. The van der Waals surface area contributed by atoms with E-state index in [0.717, 1.165) is 15.3 Å². The second kappa shape index (κ2) is 6.49. The van der Waals surface area contributed by atoms with Gasteiger partial charge in [-0.15, -0.1) is 11.3 Å². The molecule has 0 aliphatic carbocycles. The fraction of sp³-hybridized carbons (Fsp3) is 0.154. The number of thiophene rings is 1. The number of anilines is 1. The molecule has 20 heavy (non-hydrogen) atoms. The molecule has 1 N–H and O–H groups in total. The predicted octanol–water partition coefficient (Wildman–Crippen LogP) is 2.93. The molecule has 0 aliphatic rings.